The standard InChI is InChI=1S/C18H25NO13/c1-8(20)27-6-12-15(29-9(2)21)16(30-10(3)22)17(31-11(4)23)18(32-12)28-7-13(24)19-5-14(25)26/h12,15-18H,5-7H2,1-4H3,(H,19,24)(H,25,26). The van der Waals surface area contributed by atoms with Crippen LogP contribution in [0.15, 0.2) is 0 Å². The molecule has 1 amide bonds. The Bertz CT molecular complexity index is 736. The predicted molar refractivity (Wildman–Crippen MR) is 98.6 cm³/mol. The quantitative estimate of drug-likeness (QED) is 0.275. The van der Waals surface area contributed by atoms with Crippen molar-refractivity contribution in [1.82, 2.24) is 5.32 Å². The number of rotatable bonds is 10. The largest absolute Gasteiger partial charge is 0.480 e. The van der Waals surface area contributed by atoms with Gasteiger partial charge in [0.25, 0.3) is 0 Å². The summed E-state index contributed by atoms with van der Waals surface area (Å²) in [5.41, 5.74) is 0. The van der Waals surface area contributed by atoms with Gasteiger partial charge in [0.15, 0.2) is 24.6 Å². The van der Waals surface area contributed by atoms with Crippen molar-refractivity contribution in [3.63, 3.8) is 0 Å². The smallest absolute Gasteiger partial charge is 0.322 e. The van der Waals surface area contributed by atoms with E-state index in [-0.39, 0.29) is 0 Å². The van der Waals surface area contributed by atoms with E-state index in [0.29, 0.717) is 0 Å². The lowest BCUT2D eigenvalue weighted by Crippen LogP contribution is -2.63. The zero-order valence-electron chi connectivity index (χ0n) is 17.9. The summed E-state index contributed by atoms with van der Waals surface area (Å²) < 4.78 is 31.3. The number of carbonyl (C=O) groups is 6. The topological polar surface area (TPSA) is 190 Å². The number of carboxylic acid groups (broad SMARTS) is 1. The Morgan fingerprint density at radius 2 is 1.34 bits per heavy atom. The highest BCUT2D eigenvalue weighted by molar-refractivity contribution is 5.81. The van der Waals surface area contributed by atoms with Gasteiger partial charge in [0, 0.05) is 27.7 Å². The van der Waals surface area contributed by atoms with Crippen LogP contribution in [-0.4, -0.2) is 91.3 Å². The van der Waals surface area contributed by atoms with E-state index in [2.05, 4.69) is 5.32 Å². The molecule has 5 atom stereocenters. The maximum absolute atomic E-state index is 11.8. The first kappa shape index (κ1) is 26.8. The summed E-state index contributed by atoms with van der Waals surface area (Å²) in [5.74, 6) is -5.26. The number of ether oxygens (including phenoxy) is 6. The Hall–Kier alpha value is -3.26. The van der Waals surface area contributed by atoms with Crippen LogP contribution in [0.2, 0.25) is 0 Å². The molecule has 0 radical (unpaired) electrons. The molecular weight excluding hydrogens is 438 g/mol. The summed E-state index contributed by atoms with van der Waals surface area (Å²) in [4.78, 5) is 68.5. The van der Waals surface area contributed by atoms with Gasteiger partial charge in [0.05, 0.1) is 0 Å². The van der Waals surface area contributed by atoms with Gasteiger partial charge in [-0.2, -0.15) is 0 Å². The molecule has 14 nitrogen and oxygen atoms in total. The van der Waals surface area contributed by atoms with Crippen molar-refractivity contribution in [2.24, 2.45) is 0 Å². The summed E-state index contributed by atoms with van der Waals surface area (Å²) in [5, 5.41) is 10.7. The maximum Gasteiger partial charge on any atom is 0.322 e. The average Bonchev–Trinajstić information content (AvgIpc) is 2.65. The molecule has 0 saturated carbocycles. The highest BCUT2D eigenvalue weighted by Gasteiger charge is 2.52. The Morgan fingerprint density at radius 3 is 1.84 bits per heavy atom. The van der Waals surface area contributed by atoms with Gasteiger partial charge in [-0.1, -0.05) is 0 Å². The highest BCUT2D eigenvalue weighted by Crippen LogP contribution is 2.29. The molecule has 0 spiro atoms. The van der Waals surface area contributed by atoms with Crippen LogP contribution in [0.3, 0.4) is 0 Å². The van der Waals surface area contributed by atoms with Crippen molar-refractivity contribution in [2.75, 3.05) is 19.8 Å². The molecule has 1 fully saturated rings. The minimum atomic E-state index is -1.54. The molecule has 1 aliphatic heterocycles. The second kappa shape index (κ2) is 12.6. The van der Waals surface area contributed by atoms with E-state index in [4.69, 9.17) is 33.5 Å². The lowest BCUT2D eigenvalue weighted by Gasteiger charge is -2.43. The second-order valence-electron chi connectivity index (χ2n) is 6.55. The Balaban J connectivity index is 3.19. The van der Waals surface area contributed by atoms with Gasteiger partial charge < -0.3 is 38.8 Å². The molecule has 1 heterocycles. The van der Waals surface area contributed by atoms with E-state index in [1.807, 2.05) is 0 Å². The zero-order chi connectivity index (χ0) is 24.4. The van der Waals surface area contributed by atoms with Gasteiger partial charge in [-0.05, 0) is 0 Å². The predicted octanol–water partition coefficient (Wildman–Crippen LogP) is -1.71. The van der Waals surface area contributed by atoms with Crippen LogP contribution in [0.5, 0.6) is 0 Å². The van der Waals surface area contributed by atoms with Crippen LogP contribution in [0.4, 0.5) is 0 Å². The van der Waals surface area contributed by atoms with Gasteiger partial charge in [-0.25, -0.2) is 0 Å². The first-order valence-electron chi connectivity index (χ1n) is 9.31. The lowest BCUT2D eigenvalue weighted by atomic mass is 9.98. The molecule has 0 aromatic rings. The van der Waals surface area contributed by atoms with Crippen LogP contribution in [0, 0.1) is 0 Å². The van der Waals surface area contributed by atoms with Gasteiger partial charge >= 0.3 is 29.8 Å². The van der Waals surface area contributed by atoms with Crippen molar-refractivity contribution < 1.29 is 62.3 Å². The zero-order valence-corrected chi connectivity index (χ0v) is 17.9. The number of aliphatic carboxylic acids is 1. The van der Waals surface area contributed by atoms with Gasteiger partial charge in [0.2, 0.25) is 5.91 Å². The molecule has 0 aromatic heterocycles. The number of carbonyl (C=O) groups excluding carboxylic acids is 5. The Labute approximate surface area is 182 Å². The summed E-state index contributed by atoms with van der Waals surface area (Å²) in [6.45, 7) is 2.46. The van der Waals surface area contributed by atoms with E-state index in [1.54, 1.807) is 0 Å². The monoisotopic (exact) mass is 463 g/mol. The van der Waals surface area contributed by atoms with Crippen LogP contribution in [0.25, 0.3) is 0 Å². The van der Waals surface area contributed by atoms with E-state index in [9.17, 15) is 28.8 Å². The third-order valence-electron chi connectivity index (χ3n) is 3.76. The fraction of sp³-hybridized carbons (Fsp3) is 0.667. The van der Waals surface area contributed by atoms with Crippen LogP contribution < -0.4 is 5.32 Å². The minimum Gasteiger partial charge on any atom is -0.480 e. The first-order chi connectivity index (χ1) is 14.9. The highest BCUT2D eigenvalue weighted by atomic mass is 16.7. The lowest BCUT2D eigenvalue weighted by molar-refractivity contribution is -0.306. The van der Waals surface area contributed by atoms with Gasteiger partial charge in [0.1, 0.15) is 25.9 Å². The Kier molecular flexibility index (Phi) is 10.5. The number of carboxylic acids is 1. The number of amides is 1. The average molecular weight is 463 g/mol. The van der Waals surface area contributed by atoms with Crippen LogP contribution in [-0.2, 0) is 57.2 Å². The summed E-state index contributed by atoms with van der Waals surface area (Å²) in [6, 6.07) is 0. The van der Waals surface area contributed by atoms with Crippen molar-refractivity contribution >= 4 is 35.8 Å². The second-order valence-corrected chi connectivity index (χ2v) is 6.55. The molecule has 0 aromatic carbocycles. The summed E-state index contributed by atoms with van der Waals surface area (Å²) in [6.07, 6.45) is -7.05. The fourth-order valence-corrected chi connectivity index (χ4v) is 2.71. The number of hydrogen-bond acceptors (Lipinski definition) is 12. The number of hydrogen-bond donors (Lipinski definition) is 2. The molecule has 32 heavy (non-hydrogen) atoms. The molecule has 180 valence electrons. The molecular formula is C18H25NO13. The van der Waals surface area contributed by atoms with Gasteiger partial charge in [-0.15, -0.1) is 0 Å². The van der Waals surface area contributed by atoms with E-state index in [1.165, 1.54) is 0 Å². The molecule has 0 bridgehead atoms. The van der Waals surface area contributed by atoms with E-state index in [0.717, 1.165) is 27.7 Å². The molecule has 1 aliphatic rings. The SMILES string of the molecule is CC(=O)OCC1OC(OCC(=O)NCC(=O)O)C(OC(C)=O)C(OC(C)=O)C1OC(C)=O. The minimum absolute atomic E-state index is 0.455. The number of nitrogens with one attached hydrogen (secondary N) is 1. The van der Waals surface area contributed by atoms with Crippen molar-refractivity contribution in [1.29, 1.82) is 0 Å². The Morgan fingerprint density at radius 1 is 0.812 bits per heavy atom. The first-order valence-corrected chi connectivity index (χ1v) is 9.31. The molecule has 14 heteroatoms. The number of esters is 4. The summed E-state index contributed by atoms with van der Waals surface area (Å²) in [7, 11) is 0. The van der Waals surface area contributed by atoms with Gasteiger partial charge in [-0.3, -0.25) is 28.8 Å². The third kappa shape index (κ3) is 9.26. The molecule has 1 rings (SSSR count). The summed E-state index contributed by atoms with van der Waals surface area (Å²) >= 11 is 0. The van der Waals surface area contributed by atoms with E-state index >= 15 is 0 Å². The van der Waals surface area contributed by atoms with Crippen molar-refractivity contribution in [2.45, 2.75) is 58.4 Å². The van der Waals surface area contributed by atoms with Crippen molar-refractivity contribution in [3.8, 4) is 0 Å². The molecule has 1 saturated heterocycles. The van der Waals surface area contributed by atoms with E-state index < -0.39 is 86.2 Å². The normalized spacial score (nSPS) is 24.6. The molecule has 5 unspecified atom stereocenters. The van der Waals surface area contributed by atoms with Crippen molar-refractivity contribution in [3.05, 3.63) is 0 Å². The molecule has 2 N–H and O–H groups in total. The van der Waals surface area contributed by atoms with Crippen LogP contribution >= 0.6 is 0 Å². The van der Waals surface area contributed by atoms with Crippen LogP contribution in [0.1, 0.15) is 27.7 Å². The maximum atomic E-state index is 11.8. The fourth-order valence-electron chi connectivity index (χ4n) is 2.71. The molecule has 0 aliphatic carbocycles. The third-order valence-corrected chi connectivity index (χ3v) is 3.76.